The number of hydrogen-bond acceptors (Lipinski definition) is 6. The summed E-state index contributed by atoms with van der Waals surface area (Å²) in [7, 11) is 3.16. The minimum absolute atomic E-state index is 0. The molecule has 1 aromatic heterocycles. The molecule has 0 saturated heterocycles. The Hall–Kier alpha value is -3.52. The van der Waals surface area contributed by atoms with Gasteiger partial charge in [-0.15, -0.1) is 0 Å². The maximum Gasteiger partial charge on any atom is 0.231 e. The quantitative estimate of drug-likeness (QED) is 0.305. The summed E-state index contributed by atoms with van der Waals surface area (Å²) in [4.78, 5) is 24.8. The largest absolute Gasteiger partial charge is 1.00 e. The Morgan fingerprint density at radius 1 is 1.06 bits per heavy atom. The molecule has 0 bridgehead atoms. The number of aromatic nitrogens is 1. The molecule has 0 unspecified atom stereocenters. The third kappa shape index (κ3) is 3.70. The third-order valence-corrected chi connectivity index (χ3v) is 5.83. The fraction of sp³-hybridized carbons (Fsp3) is 0.292. The fourth-order valence-corrected chi connectivity index (χ4v) is 4.39. The van der Waals surface area contributed by atoms with Crippen LogP contribution in [0.4, 0.5) is 0 Å². The molecule has 0 saturated carbocycles. The van der Waals surface area contributed by atoms with Crippen LogP contribution >= 0.6 is 0 Å². The number of fused-ring (bicyclic) bond motifs is 6. The summed E-state index contributed by atoms with van der Waals surface area (Å²) in [5, 5.41) is 4.48. The summed E-state index contributed by atoms with van der Waals surface area (Å²) in [6.45, 7) is 2.81. The smallest absolute Gasteiger partial charge is 0.231 e. The number of pyridine rings is 1. The average molecular weight is 471 g/mol. The van der Waals surface area contributed by atoms with Gasteiger partial charge in [0.15, 0.2) is 35.7 Å². The maximum atomic E-state index is 13.6. The van der Waals surface area contributed by atoms with Crippen molar-refractivity contribution in [3.05, 3.63) is 41.6 Å². The van der Waals surface area contributed by atoms with Gasteiger partial charge in [0, 0.05) is 30.8 Å². The molecule has 0 fully saturated rings. The molecule has 1 aliphatic heterocycles. The average Bonchev–Trinajstić information content (AvgIpc) is 3.36. The van der Waals surface area contributed by atoms with Crippen LogP contribution in [0, 0.1) is 0 Å². The Morgan fingerprint density at radius 2 is 1.73 bits per heavy atom. The number of rotatable bonds is 6. The summed E-state index contributed by atoms with van der Waals surface area (Å²) < 4.78 is 24.1. The van der Waals surface area contributed by atoms with Crippen LogP contribution in [0.25, 0.3) is 22.0 Å². The Morgan fingerprint density at radius 3 is 2.39 bits per heavy atom. The number of aryl methyl sites for hydroxylation is 1. The van der Waals surface area contributed by atoms with Crippen LogP contribution in [0.1, 0.15) is 29.3 Å². The van der Waals surface area contributed by atoms with E-state index in [1.165, 1.54) is 6.92 Å². The maximum absolute atomic E-state index is 13.6. The molecule has 9 heteroatoms. The fourth-order valence-electron chi connectivity index (χ4n) is 4.39. The van der Waals surface area contributed by atoms with Crippen LogP contribution in [0.15, 0.2) is 30.5 Å². The van der Waals surface area contributed by atoms with Gasteiger partial charge < -0.3 is 36.7 Å². The number of halogens is 1. The summed E-state index contributed by atoms with van der Waals surface area (Å²) in [6, 6.07) is 7.35. The lowest BCUT2D eigenvalue weighted by molar-refractivity contribution is -0.685. The summed E-state index contributed by atoms with van der Waals surface area (Å²) in [6.07, 6.45) is 2.72. The molecule has 1 aliphatic carbocycles. The van der Waals surface area contributed by atoms with E-state index in [1.54, 1.807) is 20.3 Å². The van der Waals surface area contributed by atoms with Crippen LogP contribution in [0.5, 0.6) is 23.0 Å². The van der Waals surface area contributed by atoms with E-state index in [0.29, 0.717) is 53.6 Å². The second kappa shape index (κ2) is 8.78. The van der Waals surface area contributed by atoms with Gasteiger partial charge in [0.05, 0.1) is 25.2 Å². The standard InChI is InChI=1S/C24H22N2O6.ClH/c1-13(27)25-5-4-6-26-11-14-7-18(29-2)19(30-3)8-15(14)22-23(26)16-9-20-21(32-12-31-20)10-17(16)24(22)28;/h7-11H,4-6,12H2,1-3H3;1H. The van der Waals surface area contributed by atoms with Gasteiger partial charge in [-0.2, -0.15) is 4.57 Å². The van der Waals surface area contributed by atoms with Crippen molar-refractivity contribution in [3.8, 4) is 34.3 Å². The SMILES string of the molecule is COc1cc2c[n+](CCCNC(C)=O)c3c(c2cc1OC)C(=O)c1cc2c(cc1-3)OCO2.[Cl-]. The number of nitrogens with one attached hydrogen (secondary N) is 1. The van der Waals surface area contributed by atoms with Crippen LogP contribution in [0.2, 0.25) is 0 Å². The number of hydrogen-bond donors (Lipinski definition) is 1. The number of nitrogens with zero attached hydrogens (tertiary/aromatic N) is 1. The van der Waals surface area contributed by atoms with Crippen molar-refractivity contribution in [1.29, 1.82) is 0 Å². The van der Waals surface area contributed by atoms with Gasteiger partial charge in [0.1, 0.15) is 5.56 Å². The molecule has 0 radical (unpaired) electrons. The minimum Gasteiger partial charge on any atom is -1.00 e. The molecule has 5 rings (SSSR count). The van der Waals surface area contributed by atoms with Gasteiger partial charge in [-0.3, -0.25) is 9.59 Å². The van der Waals surface area contributed by atoms with Crippen LogP contribution < -0.4 is 41.2 Å². The molecule has 8 nitrogen and oxygen atoms in total. The molecular weight excluding hydrogens is 448 g/mol. The molecule has 0 spiro atoms. The highest BCUT2D eigenvalue weighted by molar-refractivity contribution is 6.26. The number of ketones is 1. The molecule has 33 heavy (non-hydrogen) atoms. The first kappa shape index (κ1) is 22.7. The Kier molecular flexibility index (Phi) is 6.03. The van der Waals surface area contributed by atoms with E-state index in [0.717, 1.165) is 22.0 Å². The van der Waals surface area contributed by atoms with E-state index < -0.39 is 0 Å². The van der Waals surface area contributed by atoms with Gasteiger partial charge in [0.2, 0.25) is 24.2 Å². The molecule has 2 aliphatic rings. The van der Waals surface area contributed by atoms with Crippen LogP contribution in [0.3, 0.4) is 0 Å². The zero-order valence-corrected chi connectivity index (χ0v) is 19.2. The number of carbonyl (C=O) groups is 2. The van der Waals surface area contributed by atoms with Gasteiger partial charge >= 0.3 is 0 Å². The summed E-state index contributed by atoms with van der Waals surface area (Å²) in [5.41, 5.74) is 2.83. The Balaban J connectivity index is 0.00000259. The number of methoxy groups -OCH3 is 2. The van der Waals surface area contributed by atoms with Crippen molar-refractivity contribution in [2.45, 2.75) is 19.9 Å². The summed E-state index contributed by atoms with van der Waals surface area (Å²) in [5.74, 6) is 2.22. The van der Waals surface area contributed by atoms with Gasteiger partial charge in [-0.1, -0.05) is 0 Å². The lowest BCUT2D eigenvalue weighted by Gasteiger charge is -2.12. The van der Waals surface area contributed by atoms with Crippen molar-refractivity contribution in [3.63, 3.8) is 0 Å². The zero-order valence-electron chi connectivity index (χ0n) is 18.5. The number of ether oxygens (including phenoxy) is 4. The minimum atomic E-state index is -0.0678. The van der Waals surface area contributed by atoms with Crippen LogP contribution in [-0.2, 0) is 11.3 Å². The molecule has 1 amide bonds. The van der Waals surface area contributed by atoms with E-state index in [-0.39, 0.29) is 30.9 Å². The van der Waals surface area contributed by atoms with E-state index >= 15 is 0 Å². The first-order valence-electron chi connectivity index (χ1n) is 10.4. The van der Waals surface area contributed by atoms with E-state index in [1.807, 2.05) is 24.4 Å². The van der Waals surface area contributed by atoms with E-state index in [4.69, 9.17) is 18.9 Å². The molecule has 172 valence electrons. The first-order chi connectivity index (χ1) is 15.5. The summed E-state index contributed by atoms with van der Waals surface area (Å²) >= 11 is 0. The highest BCUT2D eigenvalue weighted by atomic mass is 35.5. The van der Waals surface area contributed by atoms with Crippen LogP contribution in [-0.4, -0.2) is 39.2 Å². The second-order valence-electron chi connectivity index (χ2n) is 7.76. The monoisotopic (exact) mass is 470 g/mol. The Bertz CT molecular complexity index is 1290. The molecule has 3 aromatic rings. The van der Waals surface area contributed by atoms with Crippen molar-refractivity contribution in [2.75, 3.05) is 27.6 Å². The lowest BCUT2D eigenvalue weighted by atomic mass is 10.0. The molecule has 1 N–H and O–H groups in total. The van der Waals surface area contributed by atoms with Crippen molar-refractivity contribution in [1.82, 2.24) is 5.32 Å². The van der Waals surface area contributed by atoms with Gasteiger partial charge in [-0.05, 0) is 24.3 Å². The second-order valence-corrected chi connectivity index (χ2v) is 7.76. The topological polar surface area (TPSA) is 87.0 Å². The molecule has 2 heterocycles. The predicted octanol–water partition coefficient (Wildman–Crippen LogP) is -0.385. The number of benzene rings is 2. The predicted molar refractivity (Wildman–Crippen MR) is 116 cm³/mol. The highest BCUT2D eigenvalue weighted by Crippen LogP contribution is 2.46. The Labute approximate surface area is 196 Å². The number of amides is 1. The molecule has 0 atom stereocenters. The zero-order chi connectivity index (χ0) is 22.4. The van der Waals surface area contributed by atoms with Crippen molar-refractivity contribution in [2.24, 2.45) is 0 Å². The molecular formula is C24H23ClN2O6. The van der Waals surface area contributed by atoms with Crippen molar-refractivity contribution < 1.29 is 45.5 Å². The third-order valence-electron chi connectivity index (χ3n) is 5.83. The molecule has 2 aromatic carbocycles. The van der Waals surface area contributed by atoms with Gasteiger partial charge in [0.25, 0.3) is 0 Å². The normalized spacial score (nSPS) is 12.8. The lowest BCUT2D eigenvalue weighted by Crippen LogP contribution is -3.00. The van der Waals surface area contributed by atoms with Crippen molar-refractivity contribution >= 4 is 22.5 Å². The van der Waals surface area contributed by atoms with E-state index in [2.05, 4.69) is 9.88 Å². The highest BCUT2D eigenvalue weighted by Gasteiger charge is 2.39. The van der Waals surface area contributed by atoms with Gasteiger partial charge in [-0.25, -0.2) is 0 Å². The van der Waals surface area contributed by atoms with E-state index in [9.17, 15) is 9.59 Å². The first-order valence-corrected chi connectivity index (χ1v) is 10.4. The number of carbonyl (C=O) groups excluding carboxylic acids is 2.